The van der Waals surface area contributed by atoms with Gasteiger partial charge in [-0.25, -0.2) is 4.79 Å². The van der Waals surface area contributed by atoms with Crippen LogP contribution in [-0.2, 0) is 28.5 Å². The monoisotopic (exact) mass is 270 g/mol. The van der Waals surface area contributed by atoms with E-state index in [4.69, 9.17) is 23.7 Å². The molecule has 0 bridgehead atoms. The van der Waals surface area contributed by atoms with Crippen molar-refractivity contribution in [1.82, 2.24) is 0 Å². The standard InChI is InChI=1S/C13H18O6/c1-7(2)13(14)19-10-6-18-11-9(5-17-12(10)11)16-4-8-3-15-8/h8-12H,1,3-6H2,2H3/t8?,9-,10+,11-,12-/m1/s1. The molecule has 3 rings (SSSR count). The van der Waals surface area contributed by atoms with E-state index < -0.39 is 5.97 Å². The highest BCUT2D eigenvalue weighted by Crippen LogP contribution is 2.31. The number of ether oxygens (including phenoxy) is 5. The summed E-state index contributed by atoms with van der Waals surface area (Å²) in [5.41, 5.74) is 0.375. The molecule has 0 radical (unpaired) electrons. The molecular formula is C13H18O6. The zero-order valence-corrected chi connectivity index (χ0v) is 10.9. The van der Waals surface area contributed by atoms with E-state index >= 15 is 0 Å². The highest BCUT2D eigenvalue weighted by molar-refractivity contribution is 5.87. The number of esters is 1. The molecule has 106 valence electrons. The van der Waals surface area contributed by atoms with Gasteiger partial charge >= 0.3 is 5.97 Å². The Kier molecular flexibility index (Phi) is 3.58. The molecule has 6 heteroatoms. The SMILES string of the molecule is C=C(C)C(=O)O[C@H]1CO[C@H]2[C@@H]1OC[C@H]2OCC1CO1. The topological polar surface area (TPSA) is 66.5 Å². The molecule has 0 spiro atoms. The van der Waals surface area contributed by atoms with E-state index in [0.717, 1.165) is 6.61 Å². The Morgan fingerprint density at radius 2 is 1.79 bits per heavy atom. The third-order valence-corrected chi connectivity index (χ3v) is 3.47. The van der Waals surface area contributed by atoms with Gasteiger partial charge in [0.05, 0.1) is 26.4 Å². The van der Waals surface area contributed by atoms with Crippen molar-refractivity contribution >= 4 is 5.97 Å². The van der Waals surface area contributed by atoms with Crippen molar-refractivity contribution in [2.45, 2.75) is 37.4 Å². The van der Waals surface area contributed by atoms with Crippen LogP contribution in [0.2, 0.25) is 0 Å². The van der Waals surface area contributed by atoms with Crippen molar-refractivity contribution in [1.29, 1.82) is 0 Å². The Morgan fingerprint density at radius 1 is 1.16 bits per heavy atom. The van der Waals surface area contributed by atoms with Gasteiger partial charge in [0.2, 0.25) is 0 Å². The van der Waals surface area contributed by atoms with Crippen molar-refractivity contribution in [3.8, 4) is 0 Å². The fraction of sp³-hybridized carbons (Fsp3) is 0.769. The van der Waals surface area contributed by atoms with E-state index in [1.165, 1.54) is 0 Å². The summed E-state index contributed by atoms with van der Waals surface area (Å²) in [6.07, 6.45) is -0.671. The molecule has 6 nitrogen and oxygen atoms in total. The molecule has 0 amide bonds. The predicted molar refractivity (Wildman–Crippen MR) is 63.7 cm³/mol. The summed E-state index contributed by atoms with van der Waals surface area (Å²) in [5.74, 6) is -0.409. The lowest BCUT2D eigenvalue weighted by Gasteiger charge is -2.17. The third kappa shape index (κ3) is 2.81. The molecule has 0 N–H and O–H groups in total. The van der Waals surface area contributed by atoms with Crippen LogP contribution in [0, 0.1) is 0 Å². The lowest BCUT2D eigenvalue weighted by atomic mass is 10.1. The highest BCUT2D eigenvalue weighted by atomic mass is 16.7. The van der Waals surface area contributed by atoms with E-state index in [9.17, 15) is 4.79 Å². The van der Waals surface area contributed by atoms with Gasteiger partial charge in [-0.2, -0.15) is 0 Å². The minimum Gasteiger partial charge on any atom is -0.454 e. The second-order valence-electron chi connectivity index (χ2n) is 5.15. The van der Waals surface area contributed by atoms with Gasteiger partial charge in [-0.15, -0.1) is 0 Å². The molecule has 3 fully saturated rings. The maximum absolute atomic E-state index is 11.5. The second-order valence-corrected chi connectivity index (χ2v) is 5.15. The second kappa shape index (κ2) is 5.20. The molecule has 19 heavy (non-hydrogen) atoms. The van der Waals surface area contributed by atoms with Gasteiger partial charge in [-0.05, 0) is 6.92 Å². The van der Waals surface area contributed by atoms with Crippen LogP contribution in [0.5, 0.6) is 0 Å². The summed E-state index contributed by atoms with van der Waals surface area (Å²) in [6, 6.07) is 0. The van der Waals surface area contributed by atoms with E-state index in [0.29, 0.717) is 25.4 Å². The lowest BCUT2D eigenvalue weighted by molar-refractivity contribution is -0.149. The van der Waals surface area contributed by atoms with Crippen LogP contribution in [0.15, 0.2) is 12.2 Å². The number of epoxide rings is 1. The minimum absolute atomic E-state index is 0.109. The van der Waals surface area contributed by atoms with Gasteiger partial charge in [0, 0.05) is 5.57 Å². The Hall–Kier alpha value is -0.950. The molecule has 3 heterocycles. The molecule has 3 aliphatic rings. The van der Waals surface area contributed by atoms with Crippen molar-refractivity contribution in [3.63, 3.8) is 0 Å². The number of hydrogen-bond donors (Lipinski definition) is 0. The van der Waals surface area contributed by atoms with Crippen LogP contribution in [0.25, 0.3) is 0 Å². The van der Waals surface area contributed by atoms with Crippen LogP contribution in [-0.4, -0.2) is 62.9 Å². The first-order valence-electron chi connectivity index (χ1n) is 6.48. The van der Waals surface area contributed by atoms with E-state index in [1.807, 2.05) is 0 Å². The first kappa shape index (κ1) is 13.1. The van der Waals surface area contributed by atoms with Crippen LogP contribution < -0.4 is 0 Å². The third-order valence-electron chi connectivity index (χ3n) is 3.47. The average molecular weight is 270 g/mol. The van der Waals surface area contributed by atoms with Gasteiger partial charge in [0.15, 0.2) is 6.10 Å². The molecule has 3 saturated heterocycles. The largest absolute Gasteiger partial charge is 0.454 e. The lowest BCUT2D eigenvalue weighted by Crippen LogP contribution is -2.35. The van der Waals surface area contributed by atoms with Crippen molar-refractivity contribution in [3.05, 3.63) is 12.2 Å². The maximum Gasteiger partial charge on any atom is 0.333 e. The van der Waals surface area contributed by atoms with E-state index in [2.05, 4.69) is 6.58 Å². The smallest absolute Gasteiger partial charge is 0.333 e. The van der Waals surface area contributed by atoms with Crippen LogP contribution in [0.1, 0.15) is 6.92 Å². The Morgan fingerprint density at radius 3 is 2.42 bits per heavy atom. The molecule has 0 aromatic rings. The normalized spacial score (nSPS) is 39.9. The molecule has 1 unspecified atom stereocenters. The number of rotatable bonds is 5. The van der Waals surface area contributed by atoms with Crippen LogP contribution >= 0.6 is 0 Å². The average Bonchev–Trinajstić information content (AvgIpc) is 2.99. The van der Waals surface area contributed by atoms with Gasteiger partial charge in [-0.1, -0.05) is 6.58 Å². The fourth-order valence-electron chi connectivity index (χ4n) is 2.31. The van der Waals surface area contributed by atoms with Gasteiger partial charge in [-0.3, -0.25) is 0 Å². The fourth-order valence-corrected chi connectivity index (χ4v) is 2.31. The van der Waals surface area contributed by atoms with E-state index in [1.54, 1.807) is 6.92 Å². The quantitative estimate of drug-likeness (QED) is 0.400. The minimum atomic E-state index is -0.409. The first-order chi connectivity index (χ1) is 9.15. The van der Waals surface area contributed by atoms with Crippen LogP contribution in [0.4, 0.5) is 0 Å². The van der Waals surface area contributed by atoms with Crippen molar-refractivity contribution in [2.75, 3.05) is 26.4 Å². The number of hydrogen-bond acceptors (Lipinski definition) is 6. The predicted octanol–water partition coefficient (Wildman–Crippen LogP) is 0.0559. The van der Waals surface area contributed by atoms with Gasteiger partial charge in [0.1, 0.15) is 24.4 Å². The number of fused-ring (bicyclic) bond motifs is 1. The summed E-state index contributed by atoms with van der Waals surface area (Å²) in [6.45, 7) is 7.31. The first-order valence-corrected chi connectivity index (χ1v) is 6.48. The zero-order valence-electron chi connectivity index (χ0n) is 10.9. The van der Waals surface area contributed by atoms with Gasteiger partial charge in [0.25, 0.3) is 0 Å². The molecule has 0 saturated carbocycles. The summed E-state index contributed by atoms with van der Waals surface area (Å²) in [5, 5.41) is 0. The Balaban J connectivity index is 1.52. The summed E-state index contributed by atoms with van der Waals surface area (Å²) in [7, 11) is 0. The molecule has 0 aromatic heterocycles. The van der Waals surface area contributed by atoms with Crippen molar-refractivity contribution in [2.24, 2.45) is 0 Å². The highest BCUT2D eigenvalue weighted by Gasteiger charge is 2.50. The van der Waals surface area contributed by atoms with Crippen molar-refractivity contribution < 1.29 is 28.5 Å². The molecule has 3 aliphatic heterocycles. The van der Waals surface area contributed by atoms with E-state index in [-0.39, 0.29) is 30.5 Å². The number of carbonyl (C=O) groups excluding carboxylic acids is 1. The molecular weight excluding hydrogens is 252 g/mol. The molecule has 0 aliphatic carbocycles. The molecule has 5 atom stereocenters. The summed E-state index contributed by atoms with van der Waals surface area (Å²) >= 11 is 0. The Bertz CT molecular complexity index is 377. The summed E-state index contributed by atoms with van der Waals surface area (Å²) in [4.78, 5) is 11.5. The Labute approximate surface area is 111 Å². The zero-order chi connectivity index (χ0) is 13.4. The van der Waals surface area contributed by atoms with Crippen LogP contribution in [0.3, 0.4) is 0 Å². The maximum atomic E-state index is 11.5. The van der Waals surface area contributed by atoms with Gasteiger partial charge < -0.3 is 23.7 Å². The molecule has 0 aromatic carbocycles. The number of carbonyl (C=O) groups is 1. The summed E-state index contributed by atoms with van der Waals surface area (Å²) < 4.78 is 27.4.